The second kappa shape index (κ2) is 7.01. The fourth-order valence-corrected chi connectivity index (χ4v) is 6.06. The summed E-state index contributed by atoms with van der Waals surface area (Å²) in [5.74, 6) is 2.48. The Labute approximate surface area is 165 Å². The molecule has 27 heavy (non-hydrogen) atoms. The first-order valence-electron chi connectivity index (χ1n) is 9.84. The molecule has 0 heterocycles. The minimum atomic E-state index is -0.591. The van der Waals surface area contributed by atoms with Gasteiger partial charge in [0.1, 0.15) is 11.8 Å². The zero-order chi connectivity index (χ0) is 19.2. The van der Waals surface area contributed by atoms with E-state index in [4.69, 9.17) is 16.3 Å². The molecule has 4 aliphatic rings. The van der Waals surface area contributed by atoms with Gasteiger partial charge in [-0.05, 0) is 81.4 Å². The maximum Gasteiger partial charge on any atom is 0.246 e. The Balaban J connectivity index is 1.38. The molecular formula is C21H27ClN2O3. The van der Waals surface area contributed by atoms with Gasteiger partial charge >= 0.3 is 0 Å². The summed E-state index contributed by atoms with van der Waals surface area (Å²) >= 11 is 6.11. The van der Waals surface area contributed by atoms with Crippen molar-refractivity contribution in [1.29, 1.82) is 0 Å². The number of carbonyl (C=O) groups is 2. The van der Waals surface area contributed by atoms with Gasteiger partial charge in [0.25, 0.3) is 0 Å². The smallest absolute Gasteiger partial charge is 0.246 e. The topological polar surface area (TPSA) is 67.4 Å². The van der Waals surface area contributed by atoms with Gasteiger partial charge in [0.15, 0.2) is 0 Å². The SMILES string of the molecule is COc1ccc(NC(=O)[C@@H](C)NC(=O)C23CC4CC(CC(C4)C2)C3)cc1Cl. The molecule has 0 aliphatic heterocycles. The van der Waals surface area contributed by atoms with Crippen molar-refractivity contribution in [3.63, 3.8) is 0 Å². The Morgan fingerprint density at radius 2 is 1.74 bits per heavy atom. The summed E-state index contributed by atoms with van der Waals surface area (Å²) in [4.78, 5) is 25.6. The van der Waals surface area contributed by atoms with Crippen LogP contribution in [0, 0.1) is 23.2 Å². The molecular weight excluding hydrogens is 364 g/mol. The lowest BCUT2D eigenvalue weighted by Crippen LogP contribution is -2.56. The lowest BCUT2D eigenvalue weighted by atomic mass is 9.49. The van der Waals surface area contributed by atoms with Crippen LogP contribution in [-0.2, 0) is 9.59 Å². The Kier molecular flexibility index (Phi) is 4.83. The molecule has 0 spiro atoms. The standard InChI is InChI=1S/C21H27ClN2O3/c1-12(19(25)24-16-3-4-18(27-2)17(22)8-16)23-20(26)21-9-13-5-14(10-21)7-15(6-13)11-21/h3-4,8,12-15H,5-7,9-11H2,1-2H3,(H,23,26)(H,24,25)/t12-,13?,14?,15?,21?/m1/s1. The minimum absolute atomic E-state index is 0.0667. The van der Waals surface area contributed by atoms with Crippen LogP contribution < -0.4 is 15.4 Å². The first kappa shape index (κ1) is 18.6. The van der Waals surface area contributed by atoms with E-state index in [2.05, 4.69) is 10.6 Å². The summed E-state index contributed by atoms with van der Waals surface area (Å²) in [6.07, 6.45) is 6.86. The maximum atomic E-state index is 13.1. The van der Waals surface area contributed by atoms with E-state index in [0.717, 1.165) is 19.3 Å². The molecule has 1 aromatic carbocycles. The van der Waals surface area contributed by atoms with Gasteiger partial charge in [-0.15, -0.1) is 0 Å². The molecule has 0 saturated heterocycles. The highest BCUT2D eigenvalue weighted by Crippen LogP contribution is 2.60. The lowest BCUT2D eigenvalue weighted by Gasteiger charge is -2.55. The second-order valence-corrected chi connectivity index (χ2v) is 9.14. The van der Waals surface area contributed by atoms with E-state index in [9.17, 15) is 9.59 Å². The molecule has 4 bridgehead atoms. The lowest BCUT2D eigenvalue weighted by molar-refractivity contribution is -0.147. The summed E-state index contributed by atoms with van der Waals surface area (Å²) in [7, 11) is 1.54. The number of benzene rings is 1. The number of anilines is 1. The van der Waals surface area contributed by atoms with Gasteiger partial charge in [-0.1, -0.05) is 11.6 Å². The van der Waals surface area contributed by atoms with Gasteiger partial charge in [0.2, 0.25) is 11.8 Å². The number of ether oxygens (including phenoxy) is 1. The van der Waals surface area contributed by atoms with Crippen molar-refractivity contribution in [3.8, 4) is 5.75 Å². The Bertz CT molecular complexity index is 729. The zero-order valence-electron chi connectivity index (χ0n) is 15.9. The molecule has 2 amide bonds. The zero-order valence-corrected chi connectivity index (χ0v) is 16.6. The summed E-state index contributed by atoms with van der Waals surface area (Å²) in [6, 6.07) is 4.49. The summed E-state index contributed by atoms with van der Waals surface area (Å²) < 4.78 is 5.12. The minimum Gasteiger partial charge on any atom is -0.495 e. The fraction of sp³-hybridized carbons (Fsp3) is 0.619. The third-order valence-corrected chi connectivity index (χ3v) is 6.98. The molecule has 6 heteroatoms. The van der Waals surface area contributed by atoms with Gasteiger partial charge < -0.3 is 15.4 Å². The number of carbonyl (C=O) groups excluding carboxylic acids is 2. The van der Waals surface area contributed by atoms with Crippen LogP contribution in [0.5, 0.6) is 5.75 Å². The predicted molar refractivity (Wildman–Crippen MR) is 105 cm³/mol. The molecule has 4 saturated carbocycles. The molecule has 0 unspecified atom stereocenters. The normalized spacial score (nSPS) is 32.0. The Morgan fingerprint density at radius 3 is 2.26 bits per heavy atom. The highest BCUT2D eigenvalue weighted by atomic mass is 35.5. The van der Waals surface area contributed by atoms with Gasteiger partial charge in [-0.25, -0.2) is 0 Å². The molecule has 146 valence electrons. The van der Waals surface area contributed by atoms with Crippen molar-refractivity contribution in [3.05, 3.63) is 23.2 Å². The monoisotopic (exact) mass is 390 g/mol. The number of hydrogen-bond acceptors (Lipinski definition) is 3. The molecule has 4 aliphatic carbocycles. The quantitative estimate of drug-likeness (QED) is 0.798. The third-order valence-electron chi connectivity index (χ3n) is 6.68. The van der Waals surface area contributed by atoms with E-state index in [1.807, 2.05) is 0 Å². The van der Waals surface area contributed by atoms with Gasteiger partial charge in [0.05, 0.1) is 12.1 Å². The van der Waals surface area contributed by atoms with E-state index in [1.54, 1.807) is 32.2 Å². The number of amides is 2. The first-order chi connectivity index (χ1) is 12.9. The first-order valence-corrected chi connectivity index (χ1v) is 10.2. The number of hydrogen-bond donors (Lipinski definition) is 2. The van der Waals surface area contributed by atoms with Crippen LogP contribution >= 0.6 is 11.6 Å². The van der Waals surface area contributed by atoms with E-state index in [0.29, 0.717) is 34.2 Å². The third kappa shape index (κ3) is 3.54. The van der Waals surface area contributed by atoms with Gasteiger partial charge in [-0.2, -0.15) is 0 Å². The van der Waals surface area contributed by atoms with Crippen LogP contribution in [0.3, 0.4) is 0 Å². The van der Waals surface area contributed by atoms with Crippen LogP contribution in [-0.4, -0.2) is 25.0 Å². The maximum absolute atomic E-state index is 13.1. The van der Waals surface area contributed by atoms with Crippen LogP contribution in [0.15, 0.2) is 18.2 Å². The molecule has 4 fully saturated rings. The molecule has 0 aromatic heterocycles. The molecule has 5 rings (SSSR count). The second-order valence-electron chi connectivity index (χ2n) is 8.73. The Morgan fingerprint density at radius 1 is 1.15 bits per heavy atom. The number of rotatable bonds is 5. The predicted octanol–water partition coefficient (Wildman–Crippen LogP) is 4.01. The molecule has 5 nitrogen and oxygen atoms in total. The molecule has 0 radical (unpaired) electrons. The van der Waals surface area contributed by atoms with Crippen molar-refractivity contribution in [2.75, 3.05) is 12.4 Å². The van der Waals surface area contributed by atoms with Crippen molar-refractivity contribution >= 4 is 29.1 Å². The fourth-order valence-electron chi connectivity index (χ4n) is 5.80. The van der Waals surface area contributed by atoms with E-state index >= 15 is 0 Å². The van der Waals surface area contributed by atoms with Gasteiger partial charge in [-0.3, -0.25) is 9.59 Å². The average Bonchev–Trinajstić information content (AvgIpc) is 2.60. The highest BCUT2D eigenvalue weighted by molar-refractivity contribution is 6.32. The molecule has 1 aromatic rings. The Hall–Kier alpha value is -1.75. The van der Waals surface area contributed by atoms with Crippen LogP contribution in [0.2, 0.25) is 5.02 Å². The van der Waals surface area contributed by atoms with Crippen molar-refractivity contribution in [2.45, 2.75) is 51.5 Å². The van der Waals surface area contributed by atoms with E-state index in [-0.39, 0.29) is 17.2 Å². The molecule has 2 N–H and O–H groups in total. The molecule has 1 atom stereocenters. The van der Waals surface area contributed by atoms with Crippen LogP contribution in [0.1, 0.15) is 45.4 Å². The van der Waals surface area contributed by atoms with E-state index < -0.39 is 6.04 Å². The van der Waals surface area contributed by atoms with Crippen molar-refractivity contribution in [1.82, 2.24) is 5.32 Å². The summed E-state index contributed by atoms with van der Waals surface area (Å²) in [5.41, 5.74) is 0.342. The summed E-state index contributed by atoms with van der Waals surface area (Å²) in [5, 5.41) is 6.24. The van der Waals surface area contributed by atoms with Gasteiger partial charge in [0, 0.05) is 11.1 Å². The number of methoxy groups -OCH3 is 1. The number of nitrogens with one attached hydrogen (secondary N) is 2. The number of halogens is 1. The largest absolute Gasteiger partial charge is 0.495 e. The van der Waals surface area contributed by atoms with Crippen molar-refractivity contribution in [2.24, 2.45) is 23.2 Å². The van der Waals surface area contributed by atoms with Crippen molar-refractivity contribution < 1.29 is 14.3 Å². The highest BCUT2D eigenvalue weighted by Gasteiger charge is 2.54. The summed E-state index contributed by atoms with van der Waals surface area (Å²) in [6.45, 7) is 1.73. The van der Waals surface area contributed by atoms with Crippen LogP contribution in [0.25, 0.3) is 0 Å². The average molecular weight is 391 g/mol. The van der Waals surface area contributed by atoms with Crippen LogP contribution in [0.4, 0.5) is 5.69 Å². The van der Waals surface area contributed by atoms with E-state index in [1.165, 1.54) is 19.3 Å².